The Kier molecular flexibility index (Phi) is 5.52. The molecule has 0 N–H and O–H groups in total. The molecule has 0 radical (unpaired) electrons. The predicted molar refractivity (Wildman–Crippen MR) is 128 cm³/mol. The maximum atomic E-state index is 13.3. The summed E-state index contributed by atoms with van der Waals surface area (Å²) >= 11 is 0. The fraction of sp³-hybridized carbons (Fsp3) is 0.192. The lowest BCUT2D eigenvalue weighted by Crippen LogP contribution is -2.41. The maximum Gasteiger partial charge on any atom is 0.334 e. The fourth-order valence-electron chi connectivity index (χ4n) is 4.33. The van der Waals surface area contributed by atoms with Crippen LogP contribution in [0.5, 0.6) is 5.75 Å². The standard InChI is InChI=1S/C26H22N4O5/c1-28-24(32)25(33)29(26(28)34)15-23(31)30-22(17-9-11-20(35-2)12-10-17)14-21(27-30)19-8-7-16-5-3-4-6-18(16)13-19/h3-13,22H,14-15H2,1-2H3/t22-/m1/s1. The lowest BCUT2D eigenvalue weighted by molar-refractivity contribution is -0.144. The summed E-state index contributed by atoms with van der Waals surface area (Å²) < 4.78 is 5.24. The molecule has 0 bridgehead atoms. The highest BCUT2D eigenvalue weighted by molar-refractivity contribution is 6.44. The van der Waals surface area contributed by atoms with Gasteiger partial charge in [0, 0.05) is 13.5 Å². The molecule has 0 aromatic heterocycles. The van der Waals surface area contributed by atoms with Crippen molar-refractivity contribution in [3.63, 3.8) is 0 Å². The molecule has 1 fully saturated rings. The van der Waals surface area contributed by atoms with E-state index in [1.54, 1.807) is 19.2 Å². The minimum atomic E-state index is -1.02. The van der Waals surface area contributed by atoms with E-state index in [1.165, 1.54) is 12.1 Å². The van der Waals surface area contributed by atoms with Crippen LogP contribution in [0.25, 0.3) is 10.8 Å². The number of urea groups is 1. The number of rotatable bonds is 5. The van der Waals surface area contributed by atoms with E-state index in [0.717, 1.165) is 21.9 Å². The second-order valence-electron chi connectivity index (χ2n) is 8.38. The van der Waals surface area contributed by atoms with Crippen LogP contribution < -0.4 is 4.74 Å². The molecule has 0 unspecified atom stereocenters. The molecule has 1 saturated heterocycles. The van der Waals surface area contributed by atoms with Crippen molar-refractivity contribution in [3.05, 3.63) is 77.9 Å². The number of hydrogen-bond acceptors (Lipinski definition) is 6. The molecule has 0 spiro atoms. The molecule has 35 heavy (non-hydrogen) atoms. The van der Waals surface area contributed by atoms with Crippen LogP contribution in [0.15, 0.2) is 71.8 Å². The average Bonchev–Trinajstić information content (AvgIpc) is 3.41. The Morgan fingerprint density at radius 1 is 0.971 bits per heavy atom. The van der Waals surface area contributed by atoms with Crippen molar-refractivity contribution in [2.24, 2.45) is 5.10 Å². The lowest BCUT2D eigenvalue weighted by Gasteiger charge is -2.23. The molecular weight excluding hydrogens is 448 g/mol. The van der Waals surface area contributed by atoms with Gasteiger partial charge in [-0.05, 0) is 40.1 Å². The SMILES string of the molecule is COc1ccc([C@H]2CC(c3ccc4ccccc4c3)=NN2C(=O)CN2C(=O)C(=O)N(C)C2=O)cc1. The molecule has 5 rings (SSSR count). The summed E-state index contributed by atoms with van der Waals surface area (Å²) in [5, 5.41) is 8.06. The Morgan fingerprint density at radius 3 is 2.34 bits per heavy atom. The highest BCUT2D eigenvalue weighted by atomic mass is 16.5. The molecule has 5 amide bonds. The molecule has 3 aromatic carbocycles. The third-order valence-electron chi connectivity index (χ3n) is 6.29. The summed E-state index contributed by atoms with van der Waals surface area (Å²) in [7, 11) is 2.78. The molecule has 176 valence electrons. The highest BCUT2D eigenvalue weighted by Gasteiger charge is 2.44. The van der Waals surface area contributed by atoms with Gasteiger partial charge >= 0.3 is 17.8 Å². The number of carbonyl (C=O) groups is 4. The van der Waals surface area contributed by atoms with Crippen LogP contribution in [0.3, 0.4) is 0 Å². The summed E-state index contributed by atoms with van der Waals surface area (Å²) in [6, 6.07) is 20.0. The number of likely N-dealkylation sites (N-methyl/N-ethyl adjacent to an activating group) is 1. The molecule has 2 heterocycles. The second-order valence-corrected chi connectivity index (χ2v) is 8.38. The number of carbonyl (C=O) groups excluding carboxylic acids is 4. The minimum absolute atomic E-state index is 0.442. The Balaban J connectivity index is 1.48. The van der Waals surface area contributed by atoms with Gasteiger partial charge in [0.15, 0.2) is 0 Å². The molecular formula is C26H22N4O5. The minimum Gasteiger partial charge on any atom is -0.497 e. The van der Waals surface area contributed by atoms with E-state index in [-0.39, 0.29) is 0 Å². The number of fused-ring (bicyclic) bond motifs is 1. The number of ether oxygens (including phenoxy) is 1. The van der Waals surface area contributed by atoms with Crippen molar-refractivity contribution in [2.75, 3.05) is 20.7 Å². The van der Waals surface area contributed by atoms with Crippen LogP contribution in [-0.4, -0.2) is 65.0 Å². The van der Waals surface area contributed by atoms with Crippen molar-refractivity contribution in [1.29, 1.82) is 0 Å². The summed E-state index contributed by atoms with van der Waals surface area (Å²) in [5.74, 6) is -1.87. The smallest absolute Gasteiger partial charge is 0.334 e. The summed E-state index contributed by atoms with van der Waals surface area (Å²) in [6.07, 6.45) is 0.442. The fourth-order valence-corrected chi connectivity index (χ4v) is 4.33. The van der Waals surface area contributed by atoms with Gasteiger partial charge in [-0.1, -0.05) is 48.5 Å². The Bertz CT molecular complexity index is 1400. The van der Waals surface area contributed by atoms with Crippen LogP contribution in [0.2, 0.25) is 0 Å². The number of amides is 5. The number of imide groups is 2. The molecule has 0 aliphatic carbocycles. The Hall–Kier alpha value is -4.53. The van der Waals surface area contributed by atoms with Gasteiger partial charge < -0.3 is 4.74 Å². The van der Waals surface area contributed by atoms with Gasteiger partial charge in [0.2, 0.25) is 0 Å². The zero-order valence-electron chi connectivity index (χ0n) is 19.2. The van der Waals surface area contributed by atoms with Crippen molar-refractivity contribution in [1.82, 2.24) is 14.8 Å². The molecule has 0 saturated carbocycles. The van der Waals surface area contributed by atoms with E-state index in [2.05, 4.69) is 5.10 Å². The van der Waals surface area contributed by atoms with Crippen molar-refractivity contribution in [2.45, 2.75) is 12.5 Å². The number of hydrazone groups is 1. The normalized spacial score (nSPS) is 18.0. The molecule has 2 aliphatic heterocycles. The quantitative estimate of drug-likeness (QED) is 0.422. The summed E-state index contributed by atoms with van der Waals surface area (Å²) in [5.41, 5.74) is 2.41. The van der Waals surface area contributed by atoms with Crippen molar-refractivity contribution in [3.8, 4) is 5.75 Å². The van der Waals surface area contributed by atoms with Crippen LogP contribution in [0.4, 0.5) is 4.79 Å². The van der Waals surface area contributed by atoms with Gasteiger partial charge in [-0.25, -0.2) is 14.7 Å². The molecule has 2 aliphatic rings. The molecule has 9 heteroatoms. The van der Waals surface area contributed by atoms with Crippen LogP contribution >= 0.6 is 0 Å². The van der Waals surface area contributed by atoms with E-state index < -0.39 is 36.3 Å². The van der Waals surface area contributed by atoms with Crippen molar-refractivity contribution < 1.29 is 23.9 Å². The third kappa shape index (κ3) is 3.90. The second kappa shape index (κ2) is 8.68. The van der Waals surface area contributed by atoms with E-state index in [0.29, 0.717) is 27.7 Å². The van der Waals surface area contributed by atoms with Crippen molar-refractivity contribution >= 4 is 40.2 Å². The molecule has 9 nitrogen and oxygen atoms in total. The van der Waals surface area contributed by atoms with Gasteiger partial charge in [0.25, 0.3) is 5.91 Å². The Morgan fingerprint density at radius 2 is 1.69 bits per heavy atom. The summed E-state index contributed by atoms with van der Waals surface area (Å²) in [6.45, 7) is -0.575. The first-order valence-corrected chi connectivity index (χ1v) is 11.0. The van der Waals surface area contributed by atoms with Gasteiger partial charge in [0.1, 0.15) is 12.3 Å². The largest absolute Gasteiger partial charge is 0.497 e. The number of nitrogens with zero attached hydrogens (tertiary/aromatic N) is 4. The maximum absolute atomic E-state index is 13.3. The Labute approximate surface area is 201 Å². The van der Waals surface area contributed by atoms with E-state index in [9.17, 15) is 19.2 Å². The first kappa shape index (κ1) is 22.3. The monoisotopic (exact) mass is 470 g/mol. The first-order valence-electron chi connectivity index (χ1n) is 11.0. The zero-order valence-corrected chi connectivity index (χ0v) is 19.2. The van der Waals surface area contributed by atoms with E-state index >= 15 is 0 Å². The molecule has 3 aromatic rings. The third-order valence-corrected chi connectivity index (χ3v) is 6.29. The summed E-state index contributed by atoms with van der Waals surface area (Å²) in [4.78, 5) is 51.0. The number of benzene rings is 3. The number of hydrogen-bond donors (Lipinski definition) is 0. The topological polar surface area (TPSA) is 99.6 Å². The highest BCUT2D eigenvalue weighted by Crippen LogP contribution is 2.34. The van der Waals surface area contributed by atoms with Crippen LogP contribution in [-0.2, 0) is 14.4 Å². The van der Waals surface area contributed by atoms with Gasteiger partial charge in [0.05, 0.1) is 18.9 Å². The predicted octanol–water partition coefficient (Wildman–Crippen LogP) is 2.95. The van der Waals surface area contributed by atoms with Crippen LogP contribution in [0.1, 0.15) is 23.6 Å². The van der Waals surface area contributed by atoms with Gasteiger partial charge in [-0.2, -0.15) is 5.10 Å². The number of methoxy groups -OCH3 is 1. The molecule has 1 atom stereocenters. The van der Waals surface area contributed by atoms with Crippen LogP contribution in [0, 0.1) is 0 Å². The van der Waals surface area contributed by atoms with Gasteiger partial charge in [-0.3, -0.25) is 19.3 Å². The first-order chi connectivity index (χ1) is 16.9. The lowest BCUT2D eigenvalue weighted by atomic mass is 9.97. The van der Waals surface area contributed by atoms with Gasteiger partial charge in [-0.15, -0.1) is 0 Å². The average molecular weight is 470 g/mol. The van der Waals surface area contributed by atoms with E-state index in [4.69, 9.17) is 4.74 Å². The zero-order chi connectivity index (χ0) is 24.7. The van der Waals surface area contributed by atoms with E-state index in [1.807, 2.05) is 54.6 Å².